The van der Waals surface area contributed by atoms with E-state index in [-0.39, 0.29) is 11.2 Å². The molecule has 0 bridgehead atoms. The molecule has 3 heteroatoms. The Morgan fingerprint density at radius 3 is 1.93 bits per heavy atom. The van der Waals surface area contributed by atoms with E-state index in [2.05, 4.69) is 27.7 Å². The fourth-order valence-corrected chi connectivity index (χ4v) is 1.46. The molecule has 0 rings (SSSR count). The molecule has 0 aromatic rings. The molecule has 0 spiro atoms. The van der Waals surface area contributed by atoms with Crippen molar-refractivity contribution in [3.63, 3.8) is 0 Å². The van der Waals surface area contributed by atoms with Gasteiger partial charge in [0.2, 0.25) is 0 Å². The van der Waals surface area contributed by atoms with Crippen LogP contribution < -0.4 is 5.73 Å². The van der Waals surface area contributed by atoms with Gasteiger partial charge in [0.25, 0.3) is 0 Å². The van der Waals surface area contributed by atoms with Gasteiger partial charge < -0.3 is 15.2 Å². The van der Waals surface area contributed by atoms with Crippen LogP contribution in [0.1, 0.15) is 47.5 Å². The zero-order valence-corrected chi connectivity index (χ0v) is 10.9. The summed E-state index contributed by atoms with van der Waals surface area (Å²) >= 11 is 0. The van der Waals surface area contributed by atoms with Crippen molar-refractivity contribution < 1.29 is 9.47 Å². The first kappa shape index (κ1) is 14.9. The van der Waals surface area contributed by atoms with Gasteiger partial charge in [0, 0.05) is 6.61 Å². The average Bonchev–Trinajstić information content (AvgIpc) is 2.02. The highest BCUT2D eigenvalue weighted by molar-refractivity contribution is 4.72. The fourth-order valence-electron chi connectivity index (χ4n) is 1.46. The van der Waals surface area contributed by atoms with Gasteiger partial charge in [-0.1, -0.05) is 0 Å². The van der Waals surface area contributed by atoms with Gasteiger partial charge in [-0.2, -0.15) is 0 Å². The Morgan fingerprint density at radius 1 is 0.933 bits per heavy atom. The lowest BCUT2D eigenvalue weighted by Gasteiger charge is -2.29. The first-order valence-corrected chi connectivity index (χ1v) is 5.81. The zero-order valence-electron chi connectivity index (χ0n) is 10.9. The predicted octanol–water partition coefficient (Wildman–Crippen LogP) is 2.34. The Bertz CT molecular complexity index is 149. The molecule has 0 unspecified atom stereocenters. The molecule has 0 heterocycles. The lowest BCUT2D eigenvalue weighted by Crippen LogP contribution is -2.32. The maximum atomic E-state index is 5.79. The third-order valence-electron chi connectivity index (χ3n) is 2.48. The van der Waals surface area contributed by atoms with E-state index in [1.165, 1.54) is 0 Å². The van der Waals surface area contributed by atoms with Crippen LogP contribution in [-0.4, -0.2) is 31.0 Å². The molecule has 0 atom stereocenters. The summed E-state index contributed by atoms with van der Waals surface area (Å²) in [5.74, 6) is 0. The summed E-state index contributed by atoms with van der Waals surface area (Å²) in [4.78, 5) is 0. The van der Waals surface area contributed by atoms with Crippen LogP contribution in [0.4, 0.5) is 0 Å². The number of hydrogen-bond acceptors (Lipinski definition) is 3. The average molecular weight is 217 g/mol. The van der Waals surface area contributed by atoms with Crippen LogP contribution in [0.3, 0.4) is 0 Å². The van der Waals surface area contributed by atoms with Gasteiger partial charge in [-0.3, -0.25) is 0 Å². The van der Waals surface area contributed by atoms with E-state index in [0.29, 0.717) is 6.54 Å². The second-order valence-electron chi connectivity index (χ2n) is 5.09. The van der Waals surface area contributed by atoms with Crippen molar-refractivity contribution in [2.75, 3.05) is 19.8 Å². The van der Waals surface area contributed by atoms with E-state index in [0.717, 1.165) is 26.1 Å². The Hall–Kier alpha value is -0.120. The van der Waals surface area contributed by atoms with E-state index in [1.807, 2.05) is 6.92 Å². The Labute approximate surface area is 94.3 Å². The maximum absolute atomic E-state index is 5.79. The number of hydrogen-bond donors (Lipinski definition) is 1. The molecule has 0 radical (unpaired) electrons. The molecular formula is C12H27NO2. The number of ether oxygens (including phenoxy) is 2. The van der Waals surface area contributed by atoms with Crippen LogP contribution >= 0.6 is 0 Å². The van der Waals surface area contributed by atoms with E-state index >= 15 is 0 Å². The SMILES string of the molecule is CCOC(C)(C)CCOC(C)(C)CCN. The third-order valence-corrected chi connectivity index (χ3v) is 2.48. The van der Waals surface area contributed by atoms with Crippen LogP contribution in [0.25, 0.3) is 0 Å². The Morgan fingerprint density at radius 2 is 1.47 bits per heavy atom. The quantitative estimate of drug-likeness (QED) is 0.678. The summed E-state index contributed by atoms with van der Waals surface area (Å²) in [6.07, 6.45) is 1.80. The predicted molar refractivity (Wildman–Crippen MR) is 64.0 cm³/mol. The van der Waals surface area contributed by atoms with Crippen molar-refractivity contribution in [2.45, 2.75) is 58.7 Å². The minimum atomic E-state index is -0.114. The van der Waals surface area contributed by atoms with Crippen molar-refractivity contribution in [1.29, 1.82) is 0 Å². The van der Waals surface area contributed by atoms with E-state index in [1.54, 1.807) is 0 Å². The molecule has 92 valence electrons. The molecule has 0 aliphatic carbocycles. The third kappa shape index (κ3) is 7.77. The van der Waals surface area contributed by atoms with Crippen LogP contribution in [-0.2, 0) is 9.47 Å². The van der Waals surface area contributed by atoms with Gasteiger partial charge in [-0.15, -0.1) is 0 Å². The summed E-state index contributed by atoms with van der Waals surface area (Å²) in [5.41, 5.74) is 5.31. The molecule has 0 amide bonds. The molecule has 0 aliphatic rings. The lowest BCUT2D eigenvalue weighted by atomic mass is 10.0. The van der Waals surface area contributed by atoms with E-state index in [4.69, 9.17) is 15.2 Å². The Kier molecular flexibility index (Phi) is 6.41. The fraction of sp³-hybridized carbons (Fsp3) is 1.00. The van der Waals surface area contributed by atoms with Gasteiger partial charge in [0.05, 0.1) is 17.8 Å². The summed E-state index contributed by atoms with van der Waals surface area (Å²) in [5, 5.41) is 0. The minimum absolute atomic E-state index is 0.0897. The van der Waals surface area contributed by atoms with Crippen molar-refractivity contribution >= 4 is 0 Å². The summed E-state index contributed by atoms with van der Waals surface area (Å²) in [6.45, 7) is 12.5. The second kappa shape index (κ2) is 6.46. The molecule has 0 saturated heterocycles. The topological polar surface area (TPSA) is 44.5 Å². The van der Waals surface area contributed by atoms with Crippen LogP contribution in [0.5, 0.6) is 0 Å². The smallest absolute Gasteiger partial charge is 0.0648 e. The van der Waals surface area contributed by atoms with Crippen LogP contribution in [0, 0.1) is 0 Å². The molecular weight excluding hydrogens is 190 g/mol. The number of rotatable bonds is 8. The van der Waals surface area contributed by atoms with Gasteiger partial charge in [0.1, 0.15) is 0 Å². The van der Waals surface area contributed by atoms with Crippen molar-refractivity contribution in [3.8, 4) is 0 Å². The monoisotopic (exact) mass is 217 g/mol. The molecule has 0 aromatic carbocycles. The van der Waals surface area contributed by atoms with E-state index in [9.17, 15) is 0 Å². The van der Waals surface area contributed by atoms with Gasteiger partial charge in [-0.25, -0.2) is 0 Å². The largest absolute Gasteiger partial charge is 0.376 e. The second-order valence-corrected chi connectivity index (χ2v) is 5.09. The van der Waals surface area contributed by atoms with E-state index < -0.39 is 0 Å². The van der Waals surface area contributed by atoms with Crippen molar-refractivity contribution in [3.05, 3.63) is 0 Å². The number of nitrogens with two attached hydrogens (primary N) is 1. The van der Waals surface area contributed by atoms with Gasteiger partial charge in [-0.05, 0) is 54.0 Å². The highest BCUT2D eigenvalue weighted by Gasteiger charge is 2.21. The summed E-state index contributed by atoms with van der Waals surface area (Å²) in [6, 6.07) is 0. The summed E-state index contributed by atoms with van der Waals surface area (Å²) in [7, 11) is 0. The van der Waals surface area contributed by atoms with Crippen LogP contribution in [0.2, 0.25) is 0 Å². The summed E-state index contributed by atoms with van der Waals surface area (Å²) < 4.78 is 11.4. The van der Waals surface area contributed by atoms with Crippen molar-refractivity contribution in [2.24, 2.45) is 5.73 Å². The first-order valence-electron chi connectivity index (χ1n) is 5.81. The molecule has 0 aromatic heterocycles. The highest BCUT2D eigenvalue weighted by Crippen LogP contribution is 2.18. The zero-order chi connectivity index (χ0) is 11.9. The molecule has 15 heavy (non-hydrogen) atoms. The lowest BCUT2D eigenvalue weighted by molar-refractivity contribution is -0.0705. The van der Waals surface area contributed by atoms with Gasteiger partial charge >= 0.3 is 0 Å². The molecule has 0 saturated carbocycles. The van der Waals surface area contributed by atoms with Crippen LogP contribution in [0.15, 0.2) is 0 Å². The van der Waals surface area contributed by atoms with Crippen molar-refractivity contribution in [1.82, 2.24) is 0 Å². The molecule has 3 nitrogen and oxygen atoms in total. The molecule has 0 fully saturated rings. The Balaban J connectivity index is 3.77. The van der Waals surface area contributed by atoms with Gasteiger partial charge in [0.15, 0.2) is 0 Å². The standard InChI is InChI=1S/C12H27NO2/c1-6-14-12(4,5)8-10-15-11(2,3)7-9-13/h6-10,13H2,1-5H3. The molecule has 2 N–H and O–H groups in total. The first-order chi connectivity index (χ1) is 6.83. The minimum Gasteiger partial charge on any atom is -0.376 e. The highest BCUT2D eigenvalue weighted by atomic mass is 16.5. The molecule has 0 aliphatic heterocycles. The normalized spacial score (nSPS) is 13.2. The maximum Gasteiger partial charge on any atom is 0.0648 e.